The molecule has 0 aromatic carbocycles. The molecule has 70 valence electrons. The molecule has 4 heteroatoms. The Morgan fingerprint density at radius 1 is 1.62 bits per heavy atom. The third-order valence-corrected chi connectivity index (χ3v) is 1.72. The molecule has 1 aromatic rings. The van der Waals surface area contributed by atoms with Crippen molar-refractivity contribution in [2.24, 2.45) is 0 Å². The summed E-state index contributed by atoms with van der Waals surface area (Å²) in [6, 6.07) is 3.62. The summed E-state index contributed by atoms with van der Waals surface area (Å²) in [4.78, 5) is 15.1. The highest BCUT2D eigenvalue weighted by molar-refractivity contribution is 6.32. The summed E-state index contributed by atoms with van der Waals surface area (Å²) in [7, 11) is 0. The number of amides is 1. The van der Waals surface area contributed by atoms with Crippen molar-refractivity contribution in [2.45, 2.75) is 19.2 Å². The fraction of sp³-hybridized carbons (Fsp3) is 0.333. The number of alkyl halides is 1. The van der Waals surface area contributed by atoms with Crippen molar-refractivity contribution in [2.75, 3.05) is 5.32 Å². The van der Waals surface area contributed by atoms with Crippen LogP contribution in [0.1, 0.15) is 12.5 Å². The zero-order chi connectivity index (χ0) is 9.84. The number of aromatic nitrogens is 1. The van der Waals surface area contributed by atoms with Gasteiger partial charge in [-0.3, -0.25) is 4.79 Å². The number of rotatable bonds is 2. The molecule has 1 rings (SSSR count). The molecule has 0 saturated heterocycles. The number of nitrogens with zero attached hydrogens (tertiary/aromatic N) is 1. The molecule has 1 amide bonds. The molecular weight excluding hydrogens is 188 g/mol. The third kappa shape index (κ3) is 3.03. The van der Waals surface area contributed by atoms with E-state index in [2.05, 4.69) is 10.3 Å². The zero-order valence-corrected chi connectivity index (χ0v) is 8.30. The second-order valence-corrected chi connectivity index (χ2v) is 3.48. The van der Waals surface area contributed by atoms with Gasteiger partial charge in [-0.15, -0.1) is 11.6 Å². The largest absolute Gasteiger partial charge is 0.309 e. The van der Waals surface area contributed by atoms with Gasteiger partial charge in [0.1, 0.15) is 11.2 Å². The van der Waals surface area contributed by atoms with E-state index in [0.717, 1.165) is 5.56 Å². The summed E-state index contributed by atoms with van der Waals surface area (Å²) < 4.78 is 0. The van der Waals surface area contributed by atoms with E-state index in [1.807, 2.05) is 13.0 Å². The Hall–Kier alpha value is -1.09. The molecule has 1 unspecified atom stereocenters. The lowest BCUT2D eigenvalue weighted by Crippen LogP contribution is -2.20. The van der Waals surface area contributed by atoms with Crippen LogP contribution in [0.2, 0.25) is 0 Å². The number of hydrogen-bond acceptors (Lipinski definition) is 2. The summed E-state index contributed by atoms with van der Waals surface area (Å²) in [6.45, 7) is 3.55. The van der Waals surface area contributed by atoms with Crippen LogP contribution in [0.15, 0.2) is 18.3 Å². The van der Waals surface area contributed by atoms with E-state index in [1.165, 1.54) is 0 Å². The van der Waals surface area contributed by atoms with Crippen molar-refractivity contribution in [1.82, 2.24) is 4.98 Å². The van der Waals surface area contributed by atoms with Crippen molar-refractivity contribution < 1.29 is 4.79 Å². The number of hydrogen-bond donors (Lipinski definition) is 1. The molecular formula is C9H11ClN2O. The summed E-state index contributed by atoms with van der Waals surface area (Å²) in [6.07, 6.45) is 1.69. The second-order valence-electron chi connectivity index (χ2n) is 2.83. The van der Waals surface area contributed by atoms with Crippen molar-refractivity contribution in [3.05, 3.63) is 23.9 Å². The molecule has 1 atom stereocenters. The fourth-order valence-electron chi connectivity index (χ4n) is 0.767. The van der Waals surface area contributed by atoms with Gasteiger partial charge in [0.2, 0.25) is 5.91 Å². The summed E-state index contributed by atoms with van der Waals surface area (Å²) in [5.41, 5.74) is 1.05. The van der Waals surface area contributed by atoms with Gasteiger partial charge in [0, 0.05) is 6.20 Å². The van der Waals surface area contributed by atoms with E-state index in [-0.39, 0.29) is 5.91 Å². The van der Waals surface area contributed by atoms with Crippen LogP contribution >= 0.6 is 11.6 Å². The standard InChI is InChI=1S/C9H11ClN2O/c1-6-3-4-8(11-5-6)12-9(13)7(2)10/h3-5,7H,1-2H3,(H,11,12,13). The molecule has 0 saturated carbocycles. The molecule has 1 heterocycles. The number of halogens is 1. The minimum absolute atomic E-state index is 0.238. The normalized spacial score (nSPS) is 12.2. The SMILES string of the molecule is Cc1ccc(NC(=O)C(C)Cl)nc1. The van der Waals surface area contributed by atoms with Gasteiger partial charge in [-0.1, -0.05) is 6.07 Å². The van der Waals surface area contributed by atoms with Crippen molar-refractivity contribution in [3.8, 4) is 0 Å². The van der Waals surface area contributed by atoms with Crippen molar-refractivity contribution in [1.29, 1.82) is 0 Å². The first-order valence-electron chi connectivity index (χ1n) is 3.97. The third-order valence-electron chi connectivity index (χ3n) is 1.52. The highest BCUT2D eigenvalue weighted by Gasteiger charge is 2.08. The average Bonchev–Trinajstić information content (AvgIpc) is 2.08. The fourth-order valence-corrected chi connectivity index (χ4v) is 0.822. The topological polar surface area (TPSA) is 42.0 Å². The first-order chi connectivity index (χ1) is 6.09. The van der Waals surface area contributed by atoms with Gasteiger partial charge in [0.25, 0.3) is 0 Å². The van der Waals surface area contributed by atoms with Crippen LogP contribution in [0, 0.1) is 6.92 Å². The maximum atomic E-state index is 11.1. The van der Waals surface area contributed by atoms with E-state index in [9.17, 15) is 4.79 Å². The lowest BCUT2D eigenvalue weighted by atomic mass is 10.3. The zero-order valence-electron chi connectivity index (χ0n) is 7.54. The Morgan fingerprint density at radius 2 is 2.31 bits per heavy atom. The van der Waals surface area contributed by atoms with Crippen LogP contribution < -0.4 is 5.32 Å². The predicted octanol–water partition coefficient (Wildman–Crippen LogP) is 1.96. The molecule has 0 fully saturated rings. The van der Waals surface area contributed by atoms with Gasteiger partial charge >= 0.3 is 0 Å². The van der Waals surface area contributed by atoms with Crippen LogP contribution in [0.3, 0.4) is 0 Å². The molecule has 13 heavy (non-hydrogen) atoms. The lowest BCUT2D eigenvalue weighted by molar-refractivity contribution is -0.115. The Labute approximate surface area is 82.1 Å². The smallest absolute Gasteiger partial charge is 0.243 e. The first-order valence-corrected chi connectivity index (χ1v) is 4.41. The minimum atomic E-state index is -0.539. The number of anilines is 1. The summed E-state index contributed by atoms with van der Waals surface area (Å²) >= 11 is 5.57. The molecule has 0 bridgehead atoms. The molecule has 0 aliphatic carbocycles. The minimum Gasteiger partial charge on any atom is -0.309 e. The van der Waals surface area contributed by atoms with E-state index in [4.69, 9.17) is 11.6 Å². The van der Waals surface area contributed by atoms with E-state index in [1.54, 1.807) is 19.2 Å². The average molecular weight is 199 g/mol. The molecule has 0 radical (unpaired) electrons. The van der Waals surface area contributed by atoms with Crippen molar-refractivity contribution >= 4 is 23.3 Å². The van der Waals surface area contributed by atoms with E-state index in [0.29, 0.717) is 5.82 Å². The molecule has 3 nitrogen and oxygen atoms in total. The Kier molecular flexibility index (Phi) is 3.25. The molecule has 1 aromatic heterocycles. The Balaban J connectivity index is 2.65. The second kappa shape index (κ2) is 4.23. The Bertz CT molecular complexity index is 295. The van der Waals surface area contributed by atoms with Gasteiger partial charge in [-0.25, -0.2) is 4.98 Å². The number of carbonyl (C=O) groups excluding carboxylic acids is 1. The molecule has 0 aliphatic rings. The van der Waals surface area contributed by atoms with E-state index >= 15 is 0 Å². The van der Waals surface area contributed by atoms with Gasteiger partial charge in [-0.2, -0.15) is 0 Å². The number of nitrogens with one attached hydrogen (secondary N) is 1. The van der Waals surface area contributed by atoms with Gasteiger partial charge in [0.15, 0.2) is 0 Å². The highest BCUT2D eigenvalue weighted by Crippen LogP contribution is 2.05. The predicted molar refractivity (Wildman–Crippen MR) is 52.9 cm³/mol. The van der Waals surface area contributed by atoms with Gasteiger partial charge in [-0.05, 0) is 25.5 Å². The lowest BCUT2D eigenvalue weighted by Gasteiger charge is -2.04. The summed E-state index contributed by atoms with van der Waals surface area (Å²) in [5.74, 6) is 0.293. The first kappa shape index (κ1) is 9.99. The van der Waals surface area contributed by atoms with Crippen LogP contribution in [0.25, 0.3) is 0 Å². The van der Waals surface area contributed by atoms with Gasteiger partial charge in [0.05, 0.1) is 0 Å². The number of aryl methyl sites for hydroxylation is 1. The van der Waals surface area contributed by atoms with Crippen molar-refractivity contribution in [3.63, 3.8) is 0 Å². The Morgan fingerprint density at radius 3 is 2.77 bits per heavy atom. The number of pyridine rings is 1. The quantitative estimate of drug-likeness (QED) is 0.739. The van der Waals surface area contributed by atoms with Crippen LogP contribution in [-0.2, 0) is 4.79 Å². The summed E-state index contributed by atoms with van der Waals surface area (Å²) in [5, 5.41) is 2.05. The maximum absolute atomic E-state index is 11.1. The van der Waals surface area contributed by atoms with Crippen LogP contribution in [0.5, 0.6) is 0 Å². The number of carbonyl (C=O) groups is 1. The molecule has 1 N–H and O–H groups in total. The highest BCUT2D eigenvalue weighted by atomic mass is 35.5. The monoisotopic (exact) mass is 198 g/mol. The molecule has 0 spiro atoms. The van der Waals surface area contributed by atoms with Crippen LogP contribution in [-0.4, -0.2) is 16.3 Å². The van der Waals surface area contributed by atoms with Gasteiger partial charge < -0.3 is 5.32 Å². The molecule has 0 aliphatic heterocycles. The maximum Gasteiger partial charge on any atom is 0.243 e. The van der Waals surface area contributed by atoms with Crippen LogP contribution in [0.4, 0.5) is 5.82 Å². The van der Waals surface area contributed by atoms with E-state index < -0.39 is 5.38 Å².